The zero-order chi connectivity index (χ0) is 17.8. The second-order valence-electron chi connectivity index (χ2n) is 5.77. The molecule has 1 amide bonds. The first-order chi connectivity index (χ1) is 12.1. The van der Waals surface area contributed by atoms with E-state index in [-0.39, 0.29) is 11.9 Å². The molecule has 0 aliphatic rings. The Balaban J connectivity index is 1.69. The highest BCUT2D eigenvalue weighted by atomic mass is 35.5. The Hall–Kier alpha value is -1.92. The van der Waals surface area contributed by atoms with Crippen LogP contribution in [0.1, 0.15) is 32.1 Å². The van der Waals surface area contributed by atoms with Gasteiger partial charge in [-0.25, -0.2) is 4.98 Å². The van der Waals surface area contributed by atoms with Gasteiger partial charge in [-0.15, -0.1) is 0 Å². The van der Waals surface area contributed by atoms with Crippen LogP contribution in [-0.4, -0.2) is 21.2 Å². The molecule has 0 spiro atoms. The minimum Gasteiger partial charge on any atom is -0.467 e. The second kappa shape index (κ2) is 7.97. The van der Waals surface area contributed by atoms with Crippen LogP contribution in [0.4, 0.5) is 0 Å². The van der Waals surface area contributed by atoms with E-state index in [0.29, 0.717) is 10.8 Å². The third-order valence-corrected chi connectivity index (χ3v) is 5.01. The summed E-state index contributed by atoms with van der Waals surface area (Å²) in [7, 11) is 0. The van der Waals surface area contributed by atoms with E-state index in [9.17, 15) is 4.79 Å². The van der Waals surface area contributed by atoms with Gasteiger partial charge in [0.05, 0.1) is 29.1 Å². The van der Waals surface area contributed by atoms with Crippen LogP contribution < -0.4 is 5.32 Å². The number of imidazole rings is 1. The van der Waals surface area contributed by atoms with Gasteiger partial charge in [-0.1, -0.05) is 30.3 Å². The summed E-state index contributed by atoms with van der Waals surface area (Å²) in [5.41, 5.74) is 1.89. The van der Waals surface area contributed by atoms with E-state index in [4.69, 9.17) is 16.0 Å². The number of carbonyl (C=O) groups excluding carboxylic acids is 1. The molecule has 25 heavy (non-hydrogen) atoms. The smallest absolute Gasteiger partial charge is 0.231 e. The van der Waals surface area contributed by atoms with Crippen LogP contribution in [0.5, 0.6) is 0 Å². The van der Waals surface area contributed by atoms with Gasteiger partial charge in [-0.3, -0.25) is 4.79 Å². The molecule has 7 heteroatoms. The van der Waals surface area contributed by atoms with E-state index in [1.165, 1.54) is 11.8 Å². The summed E-state index contributed by atoms with van der Waals surface area (Å²) in [4.78, 5) is 16.9. The highest BCUT2D eigenvalue weighted by Crippen LogP contribution is 2.26. The van der Waals surface area contributed by atoms with Crippen LogP contribution >= 0.6 is 23.4 Å². The van der Waals surface area contributed by atoms with Crippen molar-refractivity contribution in [1.82, 2.24) is 14.9 Å². The van der Waals surface area contributed by atoms with Gasteiger partial charge in [0.2, 0.25) is 5.91 Å². The van der Waals surface area contributed by atoms with Gasteiger partial charge in [0.1, 0.15) is 5.76 Å². The topological polar surface area (TPSA) is 60.1 Å². The quantitative estimate of drug-likeness (QED) is 0.608. The SMILES string of the molecule is CCCn1c(SCC(=O)N[C@H](C)c2ccco2)nc2cc(Cl)ccc21. The van der Waals surface area contributed by atoms with Gasteiger partial charge >= 0.3 is 0 Å². The second-order valence-corrected chi connectivity index (χ2v) is 7.15. The molecule has 0 aliphatic carbocycles. The molecule has 2 heterocycles. The average molecular weight is 378 g/mol. The van der Waals surface area contributed by atoms with E-state index in [1.807, 2.05) is 37.3 Å². The number of carbonyl (C=O) groups is 1. The lowest BCUT2D eigenvalue weighted by atomic mass is 10.2. The molecule has 0 bridgehead atoms. The van der Waals surface area contributed by atoms with E-state index >= 15 is 0 Å². The number of furan rings is 1. The Bertz CT molecular complexity index is 861. The van der Waals surface area contributed by atoms with Crippen LogP contribution in [-0.2, 0) is 11.3 Å². The van der Waals surface area contributed by atoms with Crippen molar-refractivity contribution in [2.75, 3.05) is 5.75 Å². The first kappa shape index (κ1) is 17.9. The zero-order valence-electron chi connectivity index (χ0n) is 14.2. The number of benzene rings is 1. The van der Waals surface area contributed by atoms with Crippen LogP contribution in [0.2, 0.25) is 5.02 Å². The summed E-state index contributed by atoms with van der Waals surface area (Å²) >= 11 is 7.49. The van der Waals surface area contributed by atoms with E-state index in [2.05, 4.69) is 21.8 Å². The van der Waals surface area contributed by atoms with Crippen LogP contribution in [0.15, 0.2) is 46.2 Å². The van der Waals surface area contributed by atoms with Gasteiger partial charge in [0.15, 0.2) is 5.16 Å². The molecule has 3 aromatic rings. The highest BCUT2D eigenvalue weighted by molar-refractivity contribution is 7.99. The lowest BCUT2D eigenvalue weighted by molar-refractivity contribution is -0.119. The molecule has 132 valence electrons. The third kappa shape index (κ3) is 4.19. The molecule has 0 radical (unpaired) electrons. The van der Waals surface area contributed by atoms with Crippen molar-refractivity contribution in [3.63, 3.8) is 0 Å². The Morgan fingerprint density at radius 1 is 1.44 bits per heavy atom. The molecule has 0 unspecified atom stereocenters. The van der Waals surface area contributed by atoms with Crippen molar-refractivity contribution in [2.45, 2.75) is 38.0 Å². The highest BCUT2D eigenvalue weighted by Gasteiger charge is 2.15. The maximum Gasteiger partial charge on any atom is 0.231 e. The normalized spacial score (nSPS) is 12.4. The maximum absolute atomic E-state index is 12.2. The van der Waals surface area contributed by atoms with Crippen molar-refractivity contribution < 1.29 is 9.21 Å². The maximum atomic E-state index is 12.2. The monoisotopic (exact) mass is 377 g/mol. The largest absolute Gasteiger partial charge is 0.467 e. The number of amides is 1. The average Bonchev–Trinajstić information content (AvgIpc) is 3.21. The fourth-order valence-electron chi connectivity index (χ4n) is 2.65. The summed E-state index contributed by atoms with van der Waals surface area (Å²) in [6.07, 6.45) is 2.59. The number of rotatable bonds is 7. The molecule has 1 N–H and O–H groups in total. The van der Waals surface area contributed by atoms with Crippen molar-refractivity contribution in [1.29, 1.82) is 0 Å². The zero-order valence-corrected chi connectivity index (χ0v) is 15.7. The molecule has 0 aliphatic heterocycles. The summed E-state index contributed by atoms with van der Waals surface area (Å²) in [6, 6.07) is 9.20. The Labute approximate surface area is 155 Å². The van der Waals surface area contributed by atoms with E-state index < -0.39 is 0 Å². The fourth-order valence-corrected chi connectivity index (χ4v) is 3.67. The molecule has 0 fully saturated rings. The molecule has 3 rings (SSSR count). The summed E-state index contributed by atoms with van der Waals surface area (Å²) < 4.78 is 7.45. The Kier molecular flexibility index (Phi) is 5.71. The van der Waals surface area contributed by atoms with Crippen LogP contribution in [0.25, 0.3) is 11.0 Å². The van der Waals surface area contributed by atoms with E-state index in [0.717, 1.165) is 34.9 Å². The lowest BCUT2D eigenvalue weighted by Gasteiger charge is -2.11. The Morgan fingerprint density at radius 3 is 3.00 bits per heavy atom. The molecular weight excluding hydrogens is 358 g/mol. The molecule has 0 saturated heterocycles. The predicted octanol–water partition coefficient (Wildman–Crippen LogP) is 4.66. The first-order valence-electron chi connectivity index (χ1n) is 8.20. The first-order valence-corrected chi connectivity index (χ1v) is 9.56. The number of halogens is 1. The predicted molar refractivity (Wildman–Crippen MR) is 101 cm³/mol. The number of nitrogens with one attached hydrogen (secondary N) is 1. The van der Waals surface area contributed by atoms with Crippen molar-refractivity contribution in [2.24, 2.45) is 0 Å². The van der Waals surface area contributed by atoms with Crippen molar-refractivity contribution in [3.8, 4) is 0 Å². The molecule has 5 nitrogen and oxygen atoms in total. The van der Waals surface area contributed by atoms with Crippen molar-refractivity contribution >= 4 is 40.3 Å². The van der Waals surface area contributed by atoms with Crippen LogP contribution in [0, 0.1) is 0 Å². The van der Waals surface area contributed by atoms with Gasteiger partial charge in [0, 0.05) is 11.6 Å². The number of hydrogen-bond donors (Lipinski definition) is 1. The van der Waals surface area contributed by atoms with Crippen molar-refractivity contribution in [3.05, 3.63) is 47.4 Å². The third-order valence-electron chi connectivity index (χ3n) is 3.80. The number of hydrogen-bond acceptors (Lipinski definition) is 4. The van der Waals surface area contributed by atoms with Gasteiger partial charge in [-0.2, -0.15) is 0 Å². The molecule has 1 aromatic carbocycles. The molecular formula is C18H20ClN3O2S. The number of nitrogens with zero attached hydrogens (tertiary/aromatic N) is 2. The standard InChI is InChI=1S/C18H20ClN3O2S/c1-3-8-22-15-7-6-13(19)10-14(15)21-18(22)25-11-17(23)20-12(2)16-5-4-9-24-16/h4-7,9-10,12H,3,8,11H2,1-2H3,(H,20,23)/t12-/m1/s1. The molecule has 1 atom stereocenters. The molecule has 2 aromatic heterocycles. The summed E-state index contributed by atoms with van der Waals surface area (Å²) in [5, 5.41) is 4.43. The van der Waals surface area contributed by atoms with Gasteiger partial charge < -0.3 is 14.3 Å². The number of aromatic nitrogens is 2. The summed E-state index contributed by atoms with van der Waals surface area (Å²) in [6.45, 7) is 4.87. The summed E-state index contributed by atoms with van der Waals surface area (Å²) in [5.74, 6) is 0.986. The van der Waals surface area contributed by atoms with Gasteiger partial charge in [0.25, 0.3) is 0 Å². The number of fused-ring (bicyclic) bond motifs is 1. The fraction of sp³-hybridized carbons (Fsp3) is 0.333. The van der Waals surface area contributed by atoms with E-state index in [1.54, 1.807) is 6.26 Å². The number of aryl methyl sites for hydroxylation is 1. The lowest BCUT2D eigenvalue weighted by Crippen LogP contribution is -2.28. The minimum atomic E-state index is -0.156. The number of thioether (sulfide) groups is 1. The minimum absolute atomic E-state index is 0.0537. The van der Waals surface area contributed by atoms with Gasteiger partial charge in [-0.05, 0) is 43.7 Å². The molecule has 0 saturated carbocycles. The van der Waals surface area contributed by atoms with Crippen LogP contribution in [0.3, 0.4) is 0 Å². The Morgan fingerprint density at radius 2 is 2.28 bits per heavy atom.